The standard InChI is InChI=1S/C14H26N4/c1-4-14-13(9-17(3)16-14)10-18-8-12(7-15)6-5-11(18)2/h9,11-12H,4-8,10,15H2,1-3H3. The molecule has 2 unspecified atom stereocenters. The summed E-state index contributed by atoms with van der Waals surface area (Å²) in [6.07, 6.45) is 5.72. The Bertz CT molecular complexity index is 385. The van der Waals surface area contributed by atoms with Crippen LogP contribution in [-0.2, 0) is 20.0 Å². The Kier molecular flexibility index (Phi) is 4.40. The Morgan fingerprint density at radius 1 is 1.44 bits per heavy atom. The number of likely N-dealkylation sites (tertiary alicyclic amines) is 1. The zero-order chi connectivity index (χ0) is 13.1. The van der Waals surface area contributed by atoms with Crippen LogP contribution in [0.1, 0.15) is 37.9 Å². The average molecular weight is 250 g/mol. The molecule has 2 N–H and O–H groups in total. The summed E-state index contributed by atoms with van der Waals surface area (Å²) in [6.45, 7) is 7.48. The van der Waals surface area contributed by atoms with Crippen LogP contribution in [0.2, 0.25) is 0 Å². The Hall–Kier alpha value is -0.870. The molecule has 0 saturated carbocycles. The van der Waals surface area contributed by atoms with Gasteiger partial charge in [0.2, 0.25) is 0 Å². The van der Waals surface area contributed by atoms with E-state index in [1.165, 1.54) is 24.1 Å². The number of aromatic nitrogens is 2. The summed E-state index contributed by atoms with van der Waals surface area (Å²) in [5.41, 5.74) is 8.44. The second-order valence-corrected chi connectivity index (χ2v) is 5.59. The zero-order valence-electron chi connectivity index (χ0n) is 11.9. The molecular weight excluding hydrogens is 224 g/mol. The van der Waals surface area contributed by atoms with Crippen LogP contribution < -0.4 is 5.73 Å². The number of aryl methyl sites for hydroxylation is 2. The summed E-state index contributed by atoms with van der Waals surface area (Å²) in [5, 5.41) is 4.52. The average Bonchev–Trinajstić information content (AvgIpc) is 2.72. The van der Waals surface area contributed by atoms with Crippen LogP contribution >= 0.6 is 0 Å². The molecule has 4 nitrogen and oxygen atoms in total. The summed E-state index contributed by atoms with van der Waals surface area (Å²) in [6, 6.07) is 0.665. The van der Waals surface area contributed by atoms with E-state index in [2.05, 4.69) is 30.0 Å². The van der Waals surface area contributed by atoms with Crippen LogP contribution in [0.15, 0.2) is 6.20 Å². The Morgan fingerprint density at radius 3 is 2.89 bits per heavy atom. The molecule has 0 aromatic carbocycles. The normalized spacial score (nSPS) is 25.6. The van der Waals surface area contributed by atoms with Gasteiger partial charge >= 0.3 is 0 Å². The minimum Gasteiger partial charge on any atom is -0.330 e. The summed E-state index contributed by atoms with van der Waals surface area (Å²) in [4.78, 5) is 2.57. The fourth-order valence-electron chi connectivity index (χ4n) is 2.91. The third-order valence-corrected chi connectivity index (χ3v) is 4.14. The maximum absolute atomic E-state index is 5.82. The SMILES string of the molecule is CCc1nn(C)cc1CN1CC(CN)CCC1C. The molecule has 1 aromatic rings. The lowest BCUT2D eigenvalue weighted by Crippen LogP contribution is -2.43. The van der Waals surface area contributed by atoms with Gasteiger partial charge in [0.25, 0.3) is 0 Å². The Balaban J connectivity index is 2.06. The number of rotatable bonds is 4. The fraction of sp³-hybridized carbons (Fsp3) is 0.786. The number of piperidine rings is 1. The lowest BCUT2D eigenvalue weighted by atomic mass is 9.93. The maximum atomic E-state index is 5.82. The van der Waals surface area contributed by atoms with Crippen LogP contribution in [0.25, 0.3) is 0 Å². The van der Waals surface area contributed by atoms with Crippen molar-refractivity contribution in [1.82, 2.24) is 14.7 Å². The molecule has 1 fully saturated rings. The van der Waals surface area contributed by atoms with Gasteiger partial charge in [-0.3, -0.25) is 9.58 Å². The predicted octanol–water partition coefficient (Wildman–Crippen LogP) is 1.54. The van der Waals surface area contributed by atoms with Crippen molar-refractivity contribution in [3.05, 3.63) is 17.5 Å². The zero-order valence-corrected chi connectivity index (χ0v) is 11.9. The number of hydrogen-bond acceptors (Lipinski definition) is 3. The first kappa shape index (κ1) is 13.6. The summed E-state index contributed by atoms with van der Waals surface area (Å²) < 4.78 is 1.93. The van der Waals surface area contributed by atoms with Crippen molar-refractivity contribution in [2.45, 2.75) is 45.7 Å². The van der Waals surface area contributed by atoms with E-state index in [9.17, 15) is 0 Å². The van der Waals surface area contributed by atoms with E-state index < -0.39 is 0 Å². The van der Waals surface area contributed by atoms with Gasteiger partial charge in [-0.1, -0.05) is 6.92 Å². The number of nitrogens with zero attached hydrogens (tertiary/aromatic N) is 3. The van der Waals surface area contributed by atoms with E-state index in [-0.39, 0.29) is 0 Å². The van der Waals surface area contributed by atoms with Crippen LogP contribution in [0.5, 0.6) is 0 Å². The van der Waals surface area contributed by atoms with E-state index in [1.54, 1.807) is 0 Å². The maximum Gasteiger partial charge on any atom is 0.0666 e. The van der Waals surface area contributed by atoms with Crippen molar-refractivity contribution in [2.75, 3.05) is 13.1 Å². The van der Waals surface area contributed by atoms with Crippen molar-refractivity contribution in [1.29, 1.82) is 0 Å². The van der Waals surface area contributed by atoms with Gasteiger partial charge in [0, 0.05) is 37.9 Å². The van der Waals surface area contributed by atoms with Gasteiger partial charge in [-0.2, -0.15) is 5.10 Å². The van der Waals surface area contributed by atoms with E-state index >= 15 is 0 Å². The molecule has 102 valence electrons. The van der Waals surface area contributed by atoms with Gasteiger partial charge in [-0.25, -0.2) is 0 Å². The van der Waals surface area contributed by atoms with Gasteiger partial charge in [-0.15, -0.1) is 0 Å². The van der Waals surface area contributed by atoms with Crippen molar-refractivity contribution in [3.63, 3.8) is 0 Å². The number of nitrogens with two attached hydrogens (primary N) is 1. The van der Waals surface area contributed by atoms with Crippen molar-refractivity contribution in [3.8, 4) is 0 Å². The molecule has 4 heteroatoms. The molecular formula is C14H26N4. The van der Waals surface area contributed by atoms with Crippen molar-refractivity contribution in [2.24, 2.45) is 18.7 Å². The van der Waals surface area contributed by atoms with E-state index in [4.69, 9.17) is 5.73 Å². The smallest absolute Gasteiger partial charge is 0.0666 e. The lowest BCUT2D eigenvalue weighted by Gasteiger charge is -2.37. The van der Waals surface area contributed by atoms with E-state index in [1.807, 2.05) is 11.7 Å². The highest BCUT2D eigenvalue weighted by Crippen LogP contribution is 2.23. The fourth-order valence-corrected chi connectivity index (χ4v) is 2.91. The second kappa shape index (κ2) is 5.85. The third-order valence-electron chi connectivity index (χ3n) is 4.14. The molecule has 1 aliphatic heterocycles. The quantitative estimate of drug-likeness (QED) is 0.882. The molecule has 1 aliphatic rings. The Morgan fingerprint density at radius 2 is 2.22 bits per heavy atom. The van der Waals surface area contributed by atoms with Gasteiger partial charge in [-0.05, 0) is 38.6 Å². The van der Waals surface area contributed by atoms with Crippen LogP contribution in [0, 0.1) is 5.92 Å². The van der Waals surface area contributed by atoms with E-state index in [0.29, 0.717) is 12.0 Å². The van der Waals surface area contributed by atoms with Gasteiger partial charge in [0.1, 0.15) is 0 Å². The molecule has 0 amide bonds. The molecule has 0 bridgehead atoms. The Labute approximate surface area is 110 Å². The minimum absolute atomic E-state index is 0.665. The first-order valence-corrected chi connectivity index (χ1v) is 7.09. The molecule has 2 rings (SSSR count). The molecule has 2 atom stereocenters. The molecule has 0 radical (unpaired) electrons. The second-order valence-electron chi connectivity index (χ2n) is 5.59. The first-order valence-electron chi connectivity index (χ1n) is 7.09. The monoisotopic (exact) mass is 250 g/mol. The lowest BCUT2D eigenvalue weighted by molar-refractivity contribution is 0.113. The summed E-state index contributed by atoms with van der Waals surface area (Å²) in [7, 11) is 2.00. The highest BCUT2D eigenvalue weighted by molar-refractivity contribution is 5.17. The predicted molar refractivity (Wildman–Crippen MR) is 74.2 cm³/mol. The topological polar surface area (TPSA) is 47.1 Å². The first-order chi connectivity index (χ1) is 8.63. The van der Waals surface area contributed by atoms with E-state index in [0.717, 1.165) is 26.1 Å². The van der Waals surface area contributed by atoms with Crippen LogP contribution in [0.4, 0.5) is 0 Å². The highest BCUT2D eigenvalue weighted by Gasteiger charge is 2.25. The molecule has 1 saturated heterocycles. The molecule has 1 aromatic heterocycles. The molecule has 18 heavy (non-hydrogen) atoms. The van der Waals surface area contributed by atoms with Gasteiger partial charge in [0.15, 0.2) is 0 Å². The third kappa shape index (κ3) is 2.93. The van der Waals surface area contributed by atoms with Crippen molar-refractivity contribution >= 4 is 0 Å². The molecule has 0 aliphatic carbocycles. The van der Waals surface area contributed by atoms with Crippen LogP contribution in [0.3, 0.4) is 0 Å². The number of hydrogen-bond donors (Lipinski definition) is 1. The molecule has 0 spiro atoms. The largest absolute Gasteiger partial charge is 0.330 e. The van der Waals surface area contributed by atoms with Crippen molar-refractivity contribution < 1.29 is 0 Å². The highest BCUT2D eigenvalue weighted by atomic mass is 15.3. The minimum atomic E-state index is 0.665. The van der Waals surface area contributed by atoms with Crippen LogP contribution in [-0.4, -0.2) is 33.8 Å². The van der Waals surface area contributed by atoms with Gasteiger partial charge in [0.05, 0.1) is 5.69 Å². The molecule has 2 heterocycles. The summed E-state index contributed by atoms with van der Waals surface area (Å²) in [5.74, 6) is 0.669. The summed E-state index contributed by atoms with van der Waals surface area (Å²) >= 11 is 0. The van der Waals surface area contributed by atoms with Gasteiger partial charge < -0.3 is 5.73 Å².